The minimum Gasteiger partial charge on any atom is -0.453 e. The van der Waals surface area contributed by atoms with E-state index in [9.17, 15) is 18.0 Å². The SMILES string of the molecule is COC(=O)NCCNCCCO.COC(=O)NCCOS(C)(=O)=O. The van der Waals surface area contributed by atoms with Gasteiger partial charge in [-0.15, -0.1) is 0 Å². The standard InChI is InChI=1S/C7H16N2O3.C5H11NO5S/c1-12-7(11)9-5-4-8-3-2-6-10;1-10-5(7)6-3-4-11-12(2,8)9/h8,10H,2-6H2,1H3,(H,9,11);3-4H2,1-2H3,(H,6,7). The van der Waals surface area contributed by atoms with Crippen molar-refractivity contribution >= 4 is 22.3 Å². The third kappa shape index (κ3) is 22.6. The fourth-order valence-electron chi connectivity index (χ4n) is 1.07. The lowest BCUT2D eigenvalue weighted by molar-refractivity contribution is 0.168. The number of alkyl carbamates (subject to hydrolysis) is 2. The van der Waals surface area contributed by atoms with Gasteiger partial charge in [0.15, 0.2) is 0 Å². The number of aliphatic hydroxyl groups excluding tert-OH is 1. The number of ether oxygens (including phenoxy) is 2. The summed E-state index contributed by atoms with van der Waals surface area (Å²) in [4.78, 5) is 20.9. The maximum Gasteiger partial charge on any atom is 0.406 e. The summed E-state index contributed by atoms with van der Waals surface area (Å²) in [5.74, 6) is 0. The minimum atomic E-state index is -3.42. The number of nitrogens with one attached hydrogen (secondary N) is 3. The first-order valence-corrected chi connectivity index (χ1v) is 8.88. The summed E-state index contributed by atoms with van der Waals surface area (Å²) in [7, 11) is -0.878. The summed E-state index contributed by atoms with van der Waals surface area (Å²) in [5, 5.41) is 16.2. The number of hydrogen-bond donors (Lipinski definition) is 4. The summed E-state index contributed by atoms with van der Waals surface area (Å²) in [5.41, 5.74) is 0. The van der Waals surface area contributed by atoms with E-state index in [-0.39, 0.29) is 19.8 Å². The lowest BCUT2D eigenvalue weighted by atomic mass is 10.4. The van der Waals surface area contributed by atoms with Gasteiger partial charge in [-0.05, 0) is 13.0 Å². The highest BCUT2D eigenvalue weighted by Gasteiger charge is 2.01. The second-order valence-electron chi connectivity index (χ2n) is 4.19. The molecule has 0 bridgehead atoms. The van der Waals surface area contributed by atoms with Crippen molar-refractivity contribution in [2.45, 2.75) is 6.42 Å². The largest absolute Gasteiger partial charge is 0.453 e. The van der Waals surface area contributed by atoms with Crippen LogP contribution < -0.4 is 16.0 Å². The molecule has 0 aromatic carbocycles. The highest BCUT2D eigenvalue weighted by atomic mass is 32.2. The van der Waals surface area contributed by atoms with Crippen LogP contribution in [-0.2, 0) is 23.8 Å². The molecule has 0 aliphatic rings. The van der Waals surface area contributed by atoms with E-state index in [1.165, 1.54) is 14.2 Å². The molecule has 0 aliphatic heterocycles. The van der Waals surface area contributed by atoms with E-state index in [0.717, 1.165) is 19.2 Å². The summed E-state index contributed by atoms with van der Waals surface area (Å²) in [6.45, 7) is 2.19. The molecule has 0 aromatic heterocycles. The molecule has 0 aliphatic carbocycles. The zero-order valence-corrected chi connectivity index (χ0v) is 15.0. The maximum atomic E-state index is 10.5. The number of methoxy groups -OCH3 is 2. The van der Waals surface area contributed by atoms with Crippen LogP contribution in [0.5, 0.6) is 0 Å². The topological polar surface area (TPSA) is 152 Å². The van der Waals surface area contributed by atoms with E-state index in [1.807, 2.05) is 0 Å². The molecular weight excluding hydrogens is 346 g/mol. The smallest absolute Gasteiger partial charge is 0.406 e. The molecule has 0 aromatic rings. The monoisotopic (exact) mass is 373 g/mol. The first-order valence-electron chi connectivity index (χ1n) is 7.06. The van der Waals surface area contributed by atoms with Crippen LogP contribution in [-0.4, -0.2) is 85.6 Å². The minimum absolute atomic E-state index is 0.0894. The molecule has 4 N–H and O–H groups in total. The predicted octanol–water partition coefficient (Wildman–Crippen LogP) is -1.37. The van der Waals surface area contributed by atoms with Crippen molar-refractivity contribution in [3.63, 3.8) is 0 Å². The molecule has 0 saturated carbocycles. The van der Waals surface area contributed by atoms with Crippen LogP contribution in [0.4, 0.5) is 9.59 Å². The molecule has 0 spiro atoms. The highest BCUT2D eigenvalue weighted by Crippen LogP contribution is 1.84. The molecular formula is C12H27N3O8S. The Hall–Kier alpha value is -1.63. The predicted molar refractivity (Wildman–Crippen MR) is 86.2 cm³/mol. The summed E-state index contributed by atoms with van der Waals surface area (Å²) < 4.78 is 33.7. The number of carbonyl (C=O) groups is 2. The zero-order valence-electron chi connectivity index (χ0n) is 14.2. The van der Waals surface area contributed by atoms with E-state index in [1.54, 1.807) is 0 Å². The maximum absolute atomic E-state index is 10.5. The second kappa shape index (κ2) is 16.2. The van der Waals surface area contributed by atoms with Gasteiger partial charge >= 0.3 is 12.2 Å². The Labute approximate surface area is 142 Å². The van der Waals surface area contributed by atoms with Gasteiger partial charge in [0.1, 0.15) is 0 Å². The van der Waals surface area contributed by atoms with E-state index in [4.69, 9.17) is 5.11 Å². The summed E-state index contributed by atoms with van der Waals surface area (Å²) in [6, 6.07) is 0. The van der Waals surface area contributed by atoms with Crippen molar-refractivity contribution in [1.29, 1.82) is 0 Å². The normalized spacial score (nSPS) is 10.2. The first kappa shape index (κ1) is 24.6. The Morgan fingerprint density at radius 3 is 1.96 bits per heavy atom. The Kier molecular flexibility index (Phi) is 16.7. The van der Waals surface area contributed by atoms with Crippen LogP contribution in [0.3, 0.4) is 0 Å². The summed E-state index contributed by atoms with van der Waals surface area (Å²) in [6.07, 6.45) is 0.634. The van der Waals surface area contributed by atoms with Crippen LogP contribution >= 0.6 is 0 Å². The molecule has 0 atom stereocenters. The van der Waals surface area contributed by atoms with Gasteiger partial charge in [-0.3, -0.25) is 4.18 Å². The molecule has 0 fully saturated rings. The molecule has 0 radical (unpaired) electrons. The number of rotatable bonds is 10. The van der Waals surface area contributed by atoms with Crippen molar-refractivity contribution in [2.75, 3.05) is 59.9 Å². The number of amides is 2. The van der Waals surface area contributed by atoms with E-state index >= 15 is 0 Å². The molecule has 12 heteroatoms. The Bertz CT molecular complexity index is 430. The van der Waals surface area contributed by atoms with Crippen LogP contribution in [0.1, 0.15) is 6.42 Å². The average Bonchev–Trinajstić information content (AvgIpc) is 2.54. The fraction of sp³-hybridized carbons (Fsp3) is 0.833. The van der Waals surface area contributed by atoms with Crippen molar-refractivity contribution in [1.82, 2.24) is 16.0 Å². The van der Waals surface area contributed by atoms with E-state index < -0.39 is 22.3 Å². The quantitative estimate of drug-likeness (QED) is 0.268. The van der Waals surface area contributed by atoms with E-state index in [2.05, 4.69) is 29.6 Å². The van der Waals surface area contributed by atoms with Gasteiger partial charge in [-0.1, -0.05) is 0 Å². The third-order valence-corrected chi connectivity index (χ3v) is 2.72. The number of carbonyl (C=O) groups excluding carboxylic acids is 2. The lowest BCUT2D eigenvalue weighted by Gasteiger charge is -2.04. The molecule has 0 saturated heterocycles. The third-order valence-electron chi connectivity index (χ3n) is 2.12. The molecule has 24 heavy (non-hydrogen) atoms. The Morgan fingerprint density at radius 2 is 1.50 bits per heavy atom. The number of hydrogen-bond acceptors (Lipinski definition) is 9. The van der Waals surface area contributed by atoms with Crippen molar-refractivity contribution in [2.24, 2.45) is 0 Å². The number of aliphatic hydroxyl groups is 1. The van der Waals surface area contributed by atoms with Gasteiger partial charge in [0.25, 0.3) is 10.1 Å². The molecule has 11 nitrogen and oxygen atoms in total. The van der Waals surface area contributed by atoms with Crippen LogP contribution in [0.25, 0.3) is 0 Å². The average molecular weight is 373 g/mol. The Morgan fingerprint density at radius 1 is 0.958 bits per heavy atom. The van der Waals surface area contributed by atoms with Gasteiger partial charge in [0.05, 0.1) is 27.1 Å². The molecule has 0 unspecified atom stereocenters. The van der Waals surface area contributed by atoms with Gasteiger partial charge in [0, 0.05) is 26.2 Å². The zero-order chi connectivity index (χ0) is 18.8. The van der Waals surface area contributed by atoms with Gasteiger partial charge < -0.3 is 30.5 Å². The van der Waals surface area contributed by atoms with Crippen LogP contribution in [0.2, 0.25) is 0 Å². The van der Waals surface area contributed by atoms with Crippen molar-refractivity contribution in [3.8, 4) is 0 Å². The van der Waals surface area contributed by atoms with Gasteiger partial charge in [-0.2, -0.15) is 8.42 Å². The molecule has 0 heterocycles. The van der Waals surface area contributed by atoms with Gasteiger partial charge in [-0.25, -0.2) is 9.59 Å². The fourth-order valence-corrected chi connectivity index (χ4v) is 1.46. The first-order chi connectivity index (χ1) is 11.3. The molecule has 2 amide bonds. The molecule has 144 valence electrons. The highest BCUT2D eigenvalue weighted by molar-refractivity contribution is 7.85. The van der Waals surface area contributed by atoms with Crippen LogP contribution in [0.15, 0.2) is 0 Å². The van der Waals surface area contributed by atoms with Crippen LogP contribution in [0, 0.1) is 0 Å². The van der Waals surface area contributed by atoms with Crippen molar-refractivity contribution in [3.05, 3.63) is 0 Å². The van der Waals surface area contributed by atoms with E-state index in [0.29, 0.717) is 13.1 Å². The molecule has 0 rings (SSSR count). The van der Waals surface area contributed by atoms with Crippen molar-refractivity contribution < 1.29 is 36.8 Å². The summed E-state index contributed by atoms with van der Waals surface area (Å²) >= 11 is 0. The van der Waals surface area contributed by atoms with Gasteiger partial charge in [0.2, 0.25) is 0 Å². The lowest BCUT2D eigenvalue weighted by Crippen LogP contribution is -2.32. The Balaban J connectivity index is 0. The second-order valence-corrected chi connectivity index (χ2v) is 5.83.